The fourth-order valence-electron chi connectivity index (χ4n) is 3.00. The normalized spacial score (nSPS) is 11.2. The number of thioether (sulfide) groups is 1. The number of aromatic nitrogens is 1. The number of rotatable bonds is 9. The summed E-state index contributed by atoms with van der Waals surface area (Å²) >= 11 is 0.922. The van der Waals surface area contributed by atoms with Crippen molar-refractivity contribution in [3.63, 3.8) is 0 Å². The minimum absolute atomic E-state index is 0.0238. The Balaban J connectivity index is 1.85. The van der Waals surface area contributed by atoms with E-state index in [-0.39, 0.29) is 34.7 Å². The first kappa shape index (κ1) is 23.6. The first-order valence-electron chi connectivity index (χ1n) is 9.74. The van der Waals surface area contributed by atoms with Gasteiger partial charge in [0.25, 0.3) is 10.0 Å². The van der Waals surface area contributed by atoms with Gasteiger partial charge in [0, 0.05) is 24.2 Å². The smallest absolute Gasteiger partial charge is 0.264 e. The van der Waals surface area contributed by atoms with Crippen molar-refractivity contribution < 1.29 is 23.1 Å². The highest BCUT2D eigenvalue weighted by Crippen LogP contribution is 2.26. The van der Waals surface area contributed by atoms with Gasteiger partial charge in [-0.05, 0) is 48.5 Å². The number of carbonyl (C=O) groups is 2. The number of Topliss-reactive ketones (excluding diaryl/α,β-unsaturated/α-hetero) is 1. The van der Waals surface area contributed by atoms with Crippen molar-refractivity contribution in [2.45, 2.75) is 11.8 Å². The maximum atomic E-state index is 13.3. The molecular formula is C23H22N2O5S2. The van der Waals surface area contributed by atoms with Crippen LogP contribution in [0.2, 0.25) is 0 Å². The Kier molecular flexibility index (Phi) is 7.79. The minimum Gasteiger partial charge on any atom is -0.394 e. The molecule has 0 aliphatic carbocycles. The Morgan fingerprint density at radius 3 is 2.25 bits per heavy atom. The van der Waals surface area contributed by atoms with Crippen molar-refractivity contribution in [3.8, 4) is 11.3 Å². The van der Waals surface area contributed by atoms with Crippen LogP contribution < -0.4 is 4.31 Å². The van der Waals surface area contributed by atoms with Crippen LogP contribution in [0, 0.1) is 0 Å². The molecule has 0 fully saturated rings. The molecule has 0 amide bonds. The second kappa shape index (κ2) is 10.5. The van der Waals surface area contributed by atoms with Crippen LogP contribution in [0.25, 0.3) is 11.3 Å². The standard InChI is InChI=1S/C23H22N2O5S2/c1-17(27)31-16-23(28)19-5-9-20(10-6-19)25(14-15-26)32(29,30)21-11-7-18(8-12-21)22-4-2-3-13-24-22/h2-13,26H,14-16H2,1H3. The van der Waals surface area contributed by atoms with Gasteiger partial charge in [-0.2, -0.15) is 0 Å². The molecule has 0 atom stereocenters. The van der Waals surface area contributed by atoms with Crippen LogP contribution in [0.15, 0.2) is 77.8 Å². The fourth-order valence-corrected chi connectivity index (χ4v) is 4.96. The summed E-state index contributed by atoms with van der Waals surface area (Å²) < 4.78 is 27.6. The van der Waals surface area contributed by atoms with Crippen LogP contribution in [0.1, 0.15) is 17.3 Å². The zero-order chi connectivity index (χ0) is 23.1. The molecule has 3 rings (SSSR count). The van der Waals surface area contributed by atoms with Gasteiger partial charge in [0.2, 0.25) is 0 Å². The van der Waals surface area contributed by atoms with Gasteiger partial charge in [-0.15, -0.1) is 0 Å². The van der Waals surface area contributed by atoms with Crippen molar-refractivity contribution in [1.29, 1.82) is 0 Å². The summed E-state index contributed by atoms with van der Waals surface area (Å²) in [7, 11) is -3.95. The topological polar surface area (TPSA) is 105 Å². The highest BCUT2D eigenvalue weighted by Gasteiger charge is 2.25. The Morgan fingerprint density at radius 1 is 1.00 bits per heavy atom. The third kappa shape index (κ3) is 5.61. The largest absolute Gasteiger partial charge is 0.394 e. The van der Waals surface area contributed by atoms with Crippen LogP contribution in [0.5, 0.6) is 0 Å². The molecule has 0 bridgehead atoms. The van der Waals surface area contributed by atoms with E-state index in [0.29, 0.717) is 11.3 Å². The molecular weight excluding hydrogens is 448 g/mol. The number of nitrogens with zero attached hydrogens (tertiary/aromatic N) is 2. The molecule has 166 valence electrons. The summed E-state index contributed by atoms with van der Waals surface area (Å²) in [6.45, 7) is 0.876. The Bertz CT molecular complexity index is 1180. The van der Waals surface area contributed by atoms with E-state index in [9.17, 15) is 23.1 Å². The number of hydrogen-bond acceptors (Lipinski definition) is 7. The number of ketones is 1. The predicted octanol–water partition coefficient (Wildman–Crippen LogP) is 3.40. The van der Waals surface area contributed by atoms with E-state index in [2.05, 4.69) is 4.98 Å². The van der Waals surface area contributed by atoms with E-state index in [1.807, 2.05) is 12.1 Å². The SMILES string of the molecule is CC(=O)SCC(=O)c1ccc(N(CCO)S(=O)(=O)c2ccc(-c3ccccn3)cc2)cc1. The number of pyridine rings is 1. The van der Waals surface area contributed by atoms with Crippen molar-refractivity contribution in [2.75, 3.05) is 23.2 Å². The van der Waals surface area contributed by atoms with Crippen LogP contribution in [-0.2, 0) is 14.8 Å². The van der Waals surface area contributed by atoms with Crippen LogP contribution in [0.3, 0.4) is 0 Å². The minimum atomic E-state index is -3.95. The monoisotopic (exact) mass is 470 g/mol. The number of hydrogen-bond donors (Lipinski definition) is 1. The average molecular weight is 471 g/mol. The molecule has 0 radical (unpaired) electrons. The molecule has 32 heavy (non-hydrogen) atoms. The van der Waals surface area contributed by atoms with Gasteiger partial charge in [0.1, 0.15) is 0 Å². The number of aliphatic hydroxyl groups excluding tert-OH is 1. The zero-order valence-electron chi connectivity index (χ0n) is 17.3. The average Bonchev–Trinajstić information content (AvgIpc) is 2.81. The van der Waals surface area contributed by atoms with Gasteiger partial charge in [0.15, 0.2) is 10.9 Å². The van der Waals surface area contributed by atoms with Crippen LogP contribution in [0.4, 0.5) is 5.69 Å². The molecule has 1 N–H and O–H groups in total. The van der Waals surface area contributed by atoms with E-state index in [4.69, 9.17) is 0 Å². The van der Waals surface area contributed by atoms with Crippen molar-refractivity contribution in [3.05, 3.63) is 78.5 Å². The second-order valence-corrected chi connectivity index (χ2v) is 9.81. The molecule has 1 heterocycles. The van der Waals surface area contributed by atoms with Crippen LogP contribution in [-0.4, -0.2) is 48.3 Å². The maximum absolute atomic E-state index is 13.3. The van der Waals surface area contributed by atoms with Crippen molar-refractivity contribution in [2.24, 2.45) is 0 Å². The highest BCUT2D eigenvalue weighted by atomic mass is 32.2. The fraction of sp³-hybridized carbons (Fsp3) is 0.174. The Labute approximate surface area is 191 Å². The molecule has 0 saturated carbocycles. The van der Waals surface area contributed by atoms with Gasteiger partial charge in [-0.1, -0.05) is 30.0 Å². The maximum Gasteiger partial charge on any atom is 0.264 e. The lowest BCUT2D eigenvalue weighted by Crippen LogP contribution is -2.33. The van der Waals surface area contributed by atoms with Crippen molar-refractivity contribution >= 4 is 38.4 Å². The number of anilines is 1. The molecule has 1 aromatic heterocycles. The van der Waals surface area contributed by atoms with Gasteiger partial charge >= 0.3 is 0 Å². The van der Waals surface area contributed by atoms with Gasteiger partial charge in [-0.25, -0.2) is 8.42 Å². The lowest BCUT2D eigenvalue weighted by molar-refractivity contribution is -0.109. The second-order valence-electron chi connectivity index (χ2n) is 6.79. The third-order valence-corrected chi connectivity index (χ3v) is 7.24. The Hall–Kier alpha value is -3.01. The number of aliphatic hydroxyl groups is 1. The van der Waals surface area contributed by atoms with Gasteiger partial charge in [-0.3, -0.25) is 18.9 Å². The molecule has 9 heteroatoms. The van der Waals surface area contributed by atoms with E-state index < -0.39 is 10.0 Å². The quantitative estimate of drug-likeness (QED) is 0.478. The number of benzene rings is 2. The van der Waals surface area contributed by atoms with E-state index >= 15 is 0 Å². The van der Waals surface area contributed by atoms with Gasteiger partial charge in [0.05, 0.1) is 35.2 Å². The Morgan fingerprint density at radius 2 is 1.69 bits per heavy atom. The molecule has 2 aromatic carbocycles. The molecule has 7 nitrogen and oxygen atoms in total. The number of sulfonamides is 1. The van der Waals surface area contributed by atoms with E-state index in [1.165, 1.54) is 43.3 Å². The lowest BCUT2D eigenvalue weighted by atomic mass is 10.1. The third-order valence-electron chi connectivity index (χ3n) is 4.59. The van der Waals surface area contributed by atoms with Gasteiger partial charge < -0.3 is 5.11 Å². The summed E-state index contributed by atoms with van der Waals surface area (Å²) in [6, 6.07) is 17.9. The van der Waals surface area contributed by atoms with Crippen LogP contribution >= 0.6 is 11.8 Å². The molecule has 0 spiro atoms. The molecule has 3 aromatic rings. The molecule has 0 saturated heterocycles. The summed E-state index contributed by atoms with van der Waals surface area (Å²) in [5.41, 5.74) is 2.21. The summed E-state index contributed by atoms with van der Waals surface area (Å²) in [5, 5.41) is 9.31. The van der Waals surface area contributed by atoms with Crippen molar-refractivity contribution in [1.82, 2.24) is 4.98 Å². The summed E-state index contributed by atoms with van der Waals surface area (Å²) in [6.07, 6.45) is 1.66. The summed E-state index contributed by atoms with van der Waals surface area (Å²) in [5.74, 6) is -0.200. The summed E-state index contributed by atoms with van der Waals surface area (Å²) in [4.78, 5) is 27.6. The molecule has 0 aliphatic heterocycles. The molecule has 0 aliphatic rings. The highest BCUT2D eigenvalue weighted by molar-refractivity contribution is 8.14. The first-order chi connectivity index (χ1) is 15.3. The molecule has 0 unspecified atom stereocenters. The van der Waals surface area contributed by atoms with E-state index in [1.54, 1.807) is 24.4 Å². The number of carbonyl (C=O) groups excluding carboxylic acids is 2. The predicted molar refractivity (Wildman–Crippen MR) is 125 cm³/mol. The zero-order valence-corrected chi connectivity index (χ0v) is 19.0. The first-order valence-corrected chi connectivity index (χ1v) is 12.2. The lowest BCUT2D eigenvalue weighted by Gasteiger charge is -2.24. The van der Waals surface area contributed by atoms with E-state index in [0.717, 1.165) is 27.3 Å².